The molecule has 6 nitrogen and oxygen atoms in total. The first-order chi connectivity index (χ1) is 14.5. The third kappa shape index (κ3) is 4.22. The molecule has 0 aliphatic carbocycles. The van der Waals surface area contributed by atoms with E-state index < -0.39 is 0 Å². The topological polar surface area (TPSA) is 94.9 Å². The highest BCUT2D eigenvalue weighted by atomic mass is 35.5. The predicted molar refractivity (Wildman–Crippen MR) is 114 cm³/mol. The highest BCUT2D eigenvalue weighted by Crippen LogP contribution is 2.33. The first-order valence-corrected chi connectivity index (χ1v) is 9.86. The van der Waals surface area contributed by atoms with Crippen LogP contribution in [-0.2, 0) is 24.5 Å². The molecular formula is C23H21ClN4O2. The molecule has 0 atom stereocenters. The van der Waals surface area contributed by atoms with E-state index in [9.17, 15) is 10.4 Å². The number of nitriles is 2. The van der Waals surface area contributed by atoms with Gasteiger partial charge >= 0.3 is 0 Å². The normalized spacial score (nSPS) is 10.6. The van der Waals surface area contributed by atoms with Crippen LogP contribution >= 0.6 is 11.6 Å². The largest absolute Gasteiger partial charge is 0.392 e. The summed E-state index contributed by atoms with van der Waals surface area (Å²) >= 11 is 6.02. The fourth-order valence-corrected chi connectivity index (χ4v) is 3.63. The summed E-state index contributed by atoms with van der Waals surface area (Å²) in [6.07, 6.45) is 1.67. The molecule has 1 N–H and O–H groups in total. The van der Waals surface area contributed by atoms with Gasteiger partial charge in [-0.05, 0) is 43.2 Å². The Kier molecular flexibility index (Phi) is 6.87. The summed E-state index contributed by atoms with van der Waals surface area (Å²) in [7, 11) is 0. The molecule has 0 aliphatic heterocycles. The van der Waals surface area contributed by atoms with E-state index in [1.165, 1.54) is 0 Å². The average molecular weight is 421 g/mol. The van der Waals surface area contributed by atoms with Crippen molar-refractivity contribution >= 4 is 11.6 Å². The van der Waals surface area contributed by atoms with Gasteiger partial charge in [0.25, 0.3) is 0 Å². The average Bonchev–Trinajstić information content (AvgIpc) is 3.04. The van der Waals surface area contributed by atoms with Crippen molar-refractivity contribution in [2.24, 2.45) is 0 Å². The summed E-state index contributed by atoms with van der Waals surface area (Å²) in [5, 5.41) is 28.8. The van der Waals surface area contributed by atoms with E-state index in [2.05, 4.69) is 17.1 Å². The molecule has 0 radical (unpaired) electrons. The maximum atomic E-state index is 9.95. The Hall–Kier alpha value is -3.16. The van der Waals surface area contributed by atoms with Gasteiger partial charge < -0.3 is 14.4 Å². The number of rotatable bonds is 7. The summed E-state index contributed by atoms with van der Waals surface area (Å²) in [4.78, 5) is 4.16. The van der Waals surface area contributed by atoms with Crippen LogP contribution in [0.5, 0.6) is 0 Å². The summed E-state index contributed by atoms with van der Waals surface area (Å²) in [6, 6.07) is 13.4. The summed E-state index contributed by atoms with van der Waals surface area (Å²) in [5.41, 5.74) is 5.89. The maximum absolute atomic E-state index is 9.95. The maximum Gasteiger partial charge on any atom is 0.134 e. The SMILES string of the molecule is CCOCc1c(C#N)c(-c2ccc(C#N)cc2)c(C)n1Cc1cnc(Cl)c(CO)c1. The number of hydrogen-bond acceptors (Lipinski definition) is 5. The van der Waals surface area contributed by atoms with Gasteiger partial charge in [-0.3, -0.25) is 0 Å². The molecule has 7 heteroatoms. The molecule has 152 valence electrons. The van der Waals surface area contributed by atoms with Crippen molar-refractivity contribution in [1.29, 1.82) is 10.5 Å². The molecule has 0 aliphatic rings. The van der Waals surface area contributed by atoms with Gasteiger partial charge in [0.05, 0.1) is 36.1 Å². The number of aliphatic hydroxyl groups is 1. The number of aromatic nitrogens is 2. The van der Waals surface area contributed by atoms with Gasteiger partial charge in [0.2, 0.25) is 0 Å². The fraction of sp³-hybridized carbons (Fsp3) is 0.261. The van der Waals surface area contributed by atoms with Crippen LogP contribution < -0.4 is 0 Å². The Morgan fingerprint density at radius 3 is 2.53 bits per heavy atom. The van der Waals surface area contributed by atoms with Crippen molar-refractivity contribution < 1.29 is 9.84 Å². The van der Waals surface area contributed by atoms with Crippen LogP contribution in [0.4, 0.5) is 0 Å². The number of aliphatic hydroxyl groups excluding tert-OH is 1. The lowest BCUT2D eigenvalue weighted by atomic mass is 10.00. The Bertz CT molecular complexity index is 1140. The van der Waals surface area contributed by atoms with Crippen LogP contribution in [0.3, 0.4) is 0 Å². The highest BCUT2D eigenvalue weighted by molar-refractivity contribution is 6.30. The molecule has 30 heavy (non-hydrogen) atoms. The van der Waals surface area contributed by atoms with E-state index in [0.717, 1.165) is 28.1 Å². The smallest absolute Gasteiger partial charge is 0.134 e. The van der Waals surface area contributed by atoms with Crippen LogP contribution in [0, 0.1) is 29.6 Å². The van der Waals surface area contributed by atoms with Gasteiger partial charge in [0, 0.05) is 36.2 Å². The molecule has 0 unspecified atom stereocenters. The first kappa shape index (κ1) is 21.5. The Balaban J connectivity index is 2.14. The lowest BCUT2D eigenvalue weighted by Crippen LogP contribution is -2.09. The second kappa shape index (κ2) is 9.56. The van der Waals surface area contributed by atoms with Crippen LogP contribution in [0.1, 0.15) is 40.6 Å². The second-order valence-corrected chi connectivity index (χ2v) is 7.12. The number of ether oxygens (including phenoxy) is 1. The number of pyridine rings is 1. The minimum Gasteiger partial charge on any atom is -0.392 e. The quantitative estimate of drug-likeness (QED) is 0.574. The molecular weight excluding hydrogens is 400 g/mol. The van der Waals surface area contributed by atoms with Crippen molar-refractivity contribution in [3.63, 3.8) is 0 Å². The first-order valence-electron chi connectivity index (χ1n) is 9.48. The Morgan fingerprint density at radius 2 is 1.93 bits per heavy atom. The Morgan fingerprint density at radius 1 is 1.20 bits per heavy atom. The van der Waals surface area contributed by atoms with Crippen molar-refractivity contribution in [2.45, 2.75) is 33.6 Å². The lowest BCUT2D eigenvalue weighted by Gasteiger charge is -2.13. The number of benzene rings is 1. The van der Waals surface area contributed by atoms with E-state index in [1.54, 1.807) is 18.3 Å². The number of nitrogens with zero attached hydrogens (tertiary/aromatic N) is 4. The van der Waals surface area contributed by atoms with Gasteiger partial charge in [-0.15, -0.1) is 0 Å². The number of hydrogen-bond donors (Lipinski definition) is 1. The predicted octanol–water partition coefficient (Wildman–Crippen LogP) is 4.33. The fourth-order valence-electron chi connectivity index (χ4n) is 3.47. The third-order valence-corrected chi connectivity index (χ3v) is 5.31. The van der Waals surface area contributed by atoms with Gasteiger partial charge in [-0.1, -0.05) is 23.7 Å². The second-order valence-electron chi connectivity index (χ2n) is 6.76. The lowest BCUT2D eigenvalue weighted by molar-refractivity contribution is 0.128. The third-order valence-electron chi connectivity index (χ3n) is 4.97. The van der Waals surface area contributed by atoms with E-state index in [1.807, 2.05) is 36.6 Å². The van der Waals surface area contributed by atoms with Crippen molar-refractivity contribution in [3.8, 4) is 23.3 Å². The molecule has 1 aromatic carbocycles. The van der Waals surface area contributed by atoms with E-state index in [-0.39, 0.29) is 11.8 Å². The van der Waals surface area contributed by atoms with Crippen LogP contribution in [0.15, 0.2) is 36.5 Å². The van der Waals surface area contributed by atoms with Crippen LogP contribution in [-0.4, -0.2) is 21.3 Å². The molecule has 0 amide bonds. The molecule has 2 heterocycles. The van der Waals surface area contributed by atoms with Crippen molar-refractivity contribution in [1.82, 2.24) is 9.55 Å². The van der Waals surface area contributed by atoms with Crippen molar-refractivity contribution in [2.75, 3.05) is 6.61 Å². The molecule has 0 spiro atoms. The zero-order chi connectivity index (χ0) is 21.7. The Labute approximate surface area is 180 Å². The zero-order valence-electron chi connectivity index (χ0n) is 16.8. The van der Waals surface area contributed by atoms with Gasteiger partial charge in [0.15, 0.2) is 0 Å². The molecule has 3 aromatic rings. The van der Waals surface area contributed by atoms with Crippen LogP contribution in [0.2, 0.25) is 5.15 Å². The molecule has 0 saturated heterocycles. The minimum atomic E-state index is -0.198. The number of halogens is 1. The standard InChI is InChI=1S/C23H21ClN4O2/c1-3-30-14-21-20(10-26)22(18-6-4-16(9-25)5-7-18)15(2)28(21)12-17-8-19(13-29)23(24)27-11-17/h4-8,11,29H,3,12-14H2,1-2H3. The van der Waals surface area contributed by atoms with Crippen molar-refractivity contribution in [3.05, 3.63) is 75.3 Å². The summed E-state index contributed by atoms with van der Waals surface area (Å²) in [5.74, 6) is 0. The monoisotopic (exact) mass is 420 g/mol. The highest BCUT2D eigenvalue weighted by Gasteiger charge is 2.22. The van der Waals surface area contributed by atoms with Gasteiger partial charge in [0.1, 0.15) is 11.2 Å². The van der Waals surface area contributed by atoms with Crippen LogP contribution in [0.25, 0.3) is 11.1 Å². The molecule has 0 saturated carbocycles. The summed E-state index contributed by atoms with van der Waals surface area (Å²) in [6.45, 7) is 4.94. The molecule has 0 bridgehead atoms. The molecule has 3 rings (SSSR count). The summed E-state index contributed by atoms with van der Waals surface area (Å²) < 4.78 is 7.69. The van der Waals surface area contributed by atoms with Gasteiger partial charge in [-0.25, -0.2) is 4.98 Å². The van der Waals surface area contributed by atoms with E-state index >= 15 is 0 Å². The van der Waals surface area contributed by atoms with Gasteiger partial charge in [-0.2, -0.15) is 10.5 Å². The minimum absolute atomic E-state index is 0.198. The van der Waals surface area contributed by atoms with E-state index in [0.29, 0.717) is 36.4 Å². The zero-order valence-corrected chi connectivity index (χ0v) is 17.6. The van der Waals surface area contributed by atoms with E-state index in [4.69, 9.17) is 21.6 Å². The molecule has 0 fully saturated rings. The molecule has 2 aromatic heterocycles.